The maximum absolute atomic E-state index is 3.61. The molecule has 0 amide bonds. The zero-order chi connectivity index (χ0) is 15.8. The second-order valence-electron chi connectivity index (χ2n) is 5.77. The molecule has 0 aliphatic carbocycles. The minimum absolute atomic E-state index is 0.362. The zero-order valence-corrected chi connectivity index (χ0v) is 15.7. The van der Waals surface area contributed by atoms with E-state index in [2.05, 4.69) is 84.1 Å². The first-order valence-electron chi connectivity index (χ1n) is 7.92. The average Bonchev–Trinajstić information content (AvgIpc) is 2.43. The summed E-state index contributed by atoms with van der Waals surface area (Å²) in [4.78, 5) is 4.75. The summed E-state index contributed by atoms with van der Waals surface area (Å²) >= 11 is 3.61. The van der Waals surface area contributed by atoms with Crippen LogP contribution in [0.5, 0.6) is 0 Å². The smallest absolute Gasteiger partial charge is 0.0415 e. The fraction of sp³-hybridized carbons (Fsp3) is 0.647. The Morgan fingerprint density at radius 1 is 1.14 bits per heavy atom. The van der Waals surface area contributed by atoms with E-state index in [1.54, 1.807) is 0 Å². The summed E-state index contributed by atoms with van der Waals surface area (Å²) in [5.74, 6) is 0. The molecule has 0 saturated carbocycles. The van der Waals surface area contributed by atoms with Gasteiger partial charge in [-0.2, -0.15) is 0 Å². The van der Waals surface area contributed by atoms with Crippen LogP contribution in [-0.4, -0.2) is 45.2 Å². The average molecular weight is 356 g/mol. The SMILES string of the molecule is CCCN(CCN(C)C)c1ccc(Br)cc1C(C)NCC. The fourth-order valence-corrected chi connectivity index (χ4v) is 2.90. The van der Waals surface area contributed by atoms with Crippen LogP contribution in [0.15, 0.2) is 22.7 Å². The van der Waals surface area contributed by atoms with Gasteiger partial charge in [-0.05, 0) is 57.7 Å². The first-order valence-corrected chi connectivity index (χ1v) is 8.71. The van der Waals surface area contributed by atoms with Gasteiger partial charge >= 0.3 is 0 Å². The summed E-state index contributed by atoms with van der Waals surface area (Å²) in [6.07, 6.45) is 1.17. The molecule has 1 unspecified atom stereocenters. The number of nitrogens with zero attached hydrogens (tertiary/aromatic N) is 2. The molecule has 0 radical (unpaired) electrons. The molecule has 120 valence electrons. The Kier molecular flexibility index (Phi) is 8.30. The number of anilines is 1. The Morgan fingerprint density at radius 3 is 2.43 bits per heavy atom. The number of benzene rings is 1. The first kappa shape index (κ1) is 18.5. The molecule has 0 spiro atoms. The maximum atomic E-state index is 3.61. The summed E-state index contributed by atoms with van der Waals surface area (Å²) < 4.78 is 1.15. The van der Waals surface area contributed by atoms with Crippen LogP contribution in [0.25, 0.3) is 0 Å². The van der Waals surface area contributed by atoms with Crippen LogP contribution in [-0.2, 0) is 0 Å². The van der Waals surface area contributed by atoms with Gasteiger partial charge < -0.3 is 15.1 Å². The highest BCUT2D eigenvalue weighted by molar-refractivity contribution is 9.10. The molecule has 1 rings (SSSR count). The fourth-order valence-electron chi connectivity index (χ4n) is 2.52. The minimum Gasteiger partial charge on any atom is -0.370 e. The third kappa shape index (κ3) is 5.97. The normalized spacial score (nSPS) is 12.7. The van der Waals surface area contributed by atoms with Crippen LogP contribution in [0.3, 0.4) is 0 Å². The summed E-state index contributed by atoms with van der Waals surface area (Å²) in [5.41, 5.74) is 2.73. The summed E-state index contributed by atoms with van der Waals surface area (Å²) in [6.45, 7) is 10.9. The summed E-state index contributed by atoms with van der Waals surface area (Å²) in [6, 6.07) is 7.01. The molecule has 3 nitrogen and oxygen atoms in total. The highest BCUT2D eigenvalue weighted by Gasteiger charge is 2.15. The molecule has 1 N–H and O–H groups in total. The van der Waals surface area contributed by atoms with Crippen LogP contribution < -0.4 is 10.2 Å². The molecule has 0 saturated heterocycles. The number of nitrogens with one attached hydrogen (secondary N) is 1. The number of hydrogen-bond donors (Lipinski definition) is 1. The van der Waals surface area contributed by atoms with Crippen molar-refractivity contribution in [1.82, 2.24) is 10.2 Å². The lowest BCUT2D eigenvalue weighted by Gasteiger charge is -2.30. The van der Waals surface area contributed by atoms with Crippen molar-refractivity contribution >= 4 is 21.6 Å². The Balaban J connectivity index is 3.04. The number of likely N-dealkylation sites (N-methyl/N-ethyl adjacent to an activating group) is 1. The lowest BCUT2D eigenvalue weighted by molar-refractivity contribution is 0.412. The molecule has 0 bridgehead atoms. The van der Waals surface area contributed by atoms with E-state index in [0.717, 1.165) is 30.7 Å². The molecule has 4 heteroatoms. The van der Waals surface area contributed by atoms with Crippen molar-refractivity contribution in [3.05, 3.63) is 28.2 Å². The van der Waals surface area contributed by atoms with Gasteiger partial charge in [0.15, 0.2) is 0 Å². The number of rotatable bonds is 9. The van der Waals surface area contributed by atoms with Gasteiger partial charge in [-0.15, -0.1) is 0 Å². The van der Waals surface area contributed by atoms with E-state index in [-0.39, 0.29) is 0 Å². The predicted molar refractivity (Wildman–Crippen MR) is 97.3 cm³/mol. The van der Waals surface area contributed by atoms with Gasteiger partial charge in [0.1, 0.15) is 0 Å². The van der Waals surface area contributed by atoms with Gasteiger partial charge in [-0.25, -0.2) is 0 Å². The molecule has 0 aliphatic heterocycles. The molecular weight excluding hydrogens is 326 g/mol. The summed E-state index contributed by atoms with van der Waals surface area (Å²) in [5, 5.41) is 3.53. The van der Waals surface area contributed by atoms with Crippen LogP contribution in [0, 0.1) is 0 Å². The zero-order valence-electron chi connectivity index (χ0n) is 14.1. The molecular formula is C17H30BrN3. The van der Waals surface area contributed by atoms with Crippen molar-refractivity contribution in [3.8, 4) is 0 Å². The topological polar surface area (TPSA) is 18.5 Å². The van der Waals surface area contributed by atoms with Gasteiger partial charge in [-0.3, -0.25) is 0 Å². The minimum atomic E-state index is 0.362. The van der Waals surface area contributed by atoms with E-state index in [0.29, 0.717) is 6.04 Å². The van der Waals surface area contributed by atoms with E-state index in [9.17, 15) is 0 Å². The first-order chi connectivity index (χ1) is 9.99. The third-order valence-electron chi connectivity index (χ3n) is 3.62. The van der Waals surface area contributed by atoms with Crippen LogP contribution >= 0.6 is 15.9 Å². The highest BCUT2D eigenvalue weighted by atomic mass is 79.9. The third-order valence-corrected chi connectivity index (χ3v) is 4.11. The van der Waals surface area contributed by atoms with Crippen LogP contribution in [0.2, 0.25) is 0 Å². The predicted octanol–water partition coefficient (Wildman–Crippen LogP) is 3.90. The number of hydrogen-bond acceptors (Lipinski definition) is 3. The Hall–Kier alpha value is -0.580. The molecule has 1 atom stereocenters. The Morgan fingerprint density at radius 2 is 1.86 bits per heavy atom. The van der Waals surface area contributed by atoms with Crippen molar-refractivity contribution in [3.63, 3.8) is 0 Å². The molecule has 0 aromatic heterocycles. The van der Waals surface area contributed by atoms with Crippen molar-refractivity contribution < 1.29 is 0 Å². The van der Waals surface area contributed by atoms with E-state index >= 15 is 0 Å². The molecule has 1 aromatic rings. The monoisotopic (exact) mass is 355 g/mol. The summed E-state index contributed by atoms with van der Waals surface area (Å²) in [7, 11) is 4.27. The van der Waals surface area contributed by atoms with Gasteiger partial charge in [0.05, 0.1) is 0 Å². The molecule has 0 aliphatic rings. The van der Waals surface area contributed by atoms with Crippen molar-refractivity contribution in [2.24, 2.45) is 0 Å². The molecule has 0 heterocycles. The second-order valence-corrected chi connectivity index (χ2v) is 6.69. The number of halogens is 1. The highest BCUT2D eigenvalue weighted by Crippen LogP contribution is 2.29. The molecule has 1 aromatic carbocycles. The quantitative estimate of drug-likeness (QED) is 0.724. The van der Waals surface area contributed by atoms with Crippen LogP contribution in [0.4, 0.5) is 5.69 Å². The lowest BCUT2D eigenvalue weighted by Crippen LogP contribution is -2.33. The molecule has 0 fully saturated rings. The van der Waals surface area contributed by atoms with E-state index in [1.807, 2.05) is 0 Å². The van der Waals surface area contributed by atoms with Crippen molar-refractivity contribution in [2.45, 2.75) is 33.2 Å². The Bertz CT molecular complexity index is 420. The standard InChI is InChI=1S/C17H30BrN3/c1-6-10-21(12-11-20(4)5)17-9-8-15(18)13-16(17)14(3)19-7-2/h8-9,13-14,19H,6-7,10-12H2,1-5H3. The lowest BCUT2D eigenvalue weighted by atomic mass is 10.0. The van der Waals surface area contributed by atoms with E-state index < -0.39 is 0 Å². The van der Waals surface area contributed by atoms with Crippen molar-refractivity contribution in [2.75, 3.05) is 45.2 Å². The maximum Gasteiger partial charge on any atom is 0.0415 e. The van der Waals surface area contributed by atoms with Gasteiger partial charge in [-0.1, -0.05) is 29.8 Å². The van der Waals surface area contributed by atoms with Gasteiger partial charge in [0.25, 0.3) is 0 Å². The van der Waals surface area contributed by atoms with Gasteiger partial charge in [0.2, 0.25) is 0 Å². The van der Waals surface area contributed by atoms with Crippen LogP contribution in [0.1, 0.15) is 38.8 Å². The Labute approximate surface area is 138 Å². The van der Waals surface area contributed by atoms with E-state index in [4.69, 9.17) is 0 Å². The second kappa shape index (κ2) is 9.44. The largest absolute Gasteiger partial charge is 0.370 e. The van der Waals surface area contributed by atoms with E-state index in [1.165, 1.54) is 17.7 Å². The molecule has 21 heavy (non-hydrogen) atoms. The van der Waals surface area contributed by atoms with Crippen molar-refractivity contribution in [1.29, 1.82) is 0 Å². The van der Waals surface area contributed by atoms with Gasteiger partial charge in [0, 0.05) is 35.8 Å².